The van der Waals surface area contributed by atoms with Crippen LogP contribution in [0.15, 0.2) is 59.9 Å². The Labute approximate surface area is 223 Å². The second-order valence-electron chi connectivity index (χ2n) is 9.86. The molecule has 0 bridgehead atoms. The summed E-state index contributed by atoms with van der Waals surface area (Å²) in [5.74, 6) is -0.257. The van der Waals surface area contributed by atoms with Gasteiger partial charge >= 0.3 is 0 Å². The molecule has 2 saturated heterocycles. The van der Waals surface area contributed by atoms with E-state index in [0.29, 0.717) is 37.4 Å². The lowest BCUT2D eigenvalue weighted by Crippen LogP contribution is -2.46. The van der Waals surface area contributed by atoms with Crippen LogP contribution in [0.3, 0.4) is 0 Å². The van der Waals surface area contributed by atoms with E-state index < -0.39 is 10.0 Å². The molecule has 5 rings (SSSR count). The van der Waals surface area contributed by atoms with Gasteiger partial charge in [-0.2, -0.15) is 4.31 Å². The Morgan fingerprint density at radius 1 is 0.974 bits per heavy atom. The number of hydrogen-bond donors (Lipinski definition) is 2. The average Bonchev–Trinajstić information content (AvgIpc) is 3.43. The highest BCUT2D eigenvalue weighted by Crippen LogP contribution is 2.26. The summed E-state index contributed by atoms with van der Waals surface area (Å²) in [5.41, 5.74) is 9.37. The van der Waals surface area contributed by atoms with E-state index in [1.165, 1.54) is 17.1 Å². The van der Waals surface area contributed by atoms with Crippen molar-refractivity contribution in [2.75, 3.05) is 57.4 Å². The summed E-state index contributed by atoms with van der Waals surface area (Å²) in [7, 11) is -1.58. The number of sulfonamides is 1. The third-order valence-corrected chi connectivity index (χ3v) is 9.12. The van der Waals surface area contributed by atoms with Crippen LogP contribution < -0.4 is 11.1 Å². The lowest BCUT2D eigenvalue weighted by Gasteiger charge is -2.31. The molecule has 200 valence electrons. The Balaban J connectivity index is 1.33. The second-order valence-corrected chi connectivity index (χ2v) is 11.8. The zero-order valence-corrected chi connectivity index (χ0v) is 22.3. The number of pyridine rings is 2. The van der Waals surface area contributed by atoms with Gasteiger partial charge in [-0.25, -0.2) is 13.4 Å². The summed E-state index contributed by atoms with van der Waals surface area (Å²) in [6.45, 7) is 5.19. The number of amides is 1. The number of benzene rings is 1. The molecule has 11 heteroatoms. The fourth-order valence-corrected chi connectivity index (χ4v) is 6.28. The van der Waals surface area contributed by atoms with E-state index in [1.807, 2.05) is 13.1 Å². The maximum absolute atomic E-state index is 13.2. The Morgan fingerprint density at radius 2 is 1.68 bits per heavy atom. The number of rotatable bonds is 7. The van der Waals surface area contributed by atoms with Gasteiger partial charge in [0, 0.05) is 50.7 Å². The molecule has 0 saturated carbocycles. The largest absolute Gasteiger partial charge is 0.383 e. The third kappa shape index (κ3) is 5.70. The first kappa shape index (κ1) is 26.2. The number of hydrogen-bond acceptors (Lipinski definition) is 8. The molecule has 0 spiro atoms. The number of likely N-dealkylation sites (tertiary alicyclic amines) is 1. The minimum atomic E-state index is -3.56. The van der Waals surface area contributed by atoms with Gasteiger partial charge in [-0.3, -0.25) is 14.7 Å². The zero-order valence-electron chi connectivity index (χ0n) is 21.5. The van der Waals surface area contributed by atoms with Crippen molar-refractivity contribution in [2.45, 2.75) is 24.3 Å². The molecule has 3 aromatic rings. The zero-order chi connectivity index (χ0) is 26.7. The van der Waals surface area contributed by atoms with Gasteiger partial charge in [0.05, 0.1) is 22.3 Å². The smallest absolute Gasteiger partial charge is 0.259 e. The fraction of sp³-hybridized carbons (Fsp3) is 0.370. The van der Waals surface area contributed by atoms with Crippen molar-refractivity contribution in [2.24, 2.45) is 0 Å². The van der Waals surface area contributed by atoms with E-state index in [-0.39, 0.29) is 22.2 Å². The second kappa shape index (κ2) is 11.2. The molecule has 4 heterocycles. The van der Waals surface area contributed by atoms with Gasteiger partial charge in [0.15, 0.2) is 0 Å². The molecule has 2 aromatic heterocycles. The van der Waals surface area contributed by atoms with Gasteiger partial charge in [-0.1, -0.05) is 12.1 Å². The lowest BCUT2D eigenvalue weighted by atomic mass is 10.1. The molecule has 0 radical (unpaired) electrons. The number of nitrogens with zero attached hydrogens (tertiary/aromatic N) is 5. The molecule has 38 heavy (non-hydrogen) atoms. The minimum absolute atomic E-state index is 0.116. The van der Waals surface area contributed by atoms with Crippen LogP contribution in [0, 0.1) is 0 Å². The van der Waals surface area contributed by atoms with Gasteiger partial charge in [0.25, 0.3) is 5.91 Å². The molecule has 0 unspecified atom stereocenters. The molecular weight excluding hydrogens is 502 g/mol. The maximum Gasteiger partial charge on any atom is 0.259 e. The molecule has 0 atom stereocenters. The average molecular weight is 536 g/mol. The van der Waals surface area contributed by atoms with Crippen molar-refractivity contribution in [3.63, 3.8) is 0 Å². The van der Waals surface area contributed by atoms with E-state index in [2.05, 4.69) is 25.1 Å². The summed E-state index contributed by atoms with van der Waals surface area (Å²) >= 11 is 0. The molecule has 2 aliphatic heterocycles. The number of aromatic nitrogens is 2. The first-order chi connectivity index (χ1) is 18.3. The highest BCUT2D eigenvalue weighted by Gasteiger charge is 2.27. The molecule has 2 fully saturated rings. The van der Waals surface area contributed by atoms with Gasteiger partial charge in [0.1, 0.15) is 5.82 Å². The van der Waals surface area contributed by atoms with Crippen molar-refractivity contribution in [3.05, 3.63) is 66.1 Å². The van der Waals surface area contributed by atoms with Crippen LogP contribution in [0.25, 0.3) is 11.1 Å². The number of anilines is 2. The Bertz CT molecular complexity index is 1400. The summed E-state index contributed by atoms with van der Waals surface area (Å²) in [6.07, 6.45) is 7.33. The summed E-state index contributed by atoms with van der Waals surface area (Å²) < 4.78 is 27.6. The van der Waals surface area contributed by atoms with Gasteiger partial charge in [0.2, 0.25) is 10.0 Å². The Kier molecular flexibility index (Phi) is 7.70. The first-order valence-electron chi connectivity index (χ1n) is 12.8. The van der Waals surface area contributed by atoms with Crippen LogP contribution in [0.5, 0.6) is 0 Å². The third-order valence-electron chi connectivity index (χ3n) is 7.20. The van der Waals surface area contributed by atoms with Crippen LogP contribution >= 0.6 is 0 Å². The van der Waals surface area contributed by atoms with Crippen molar-refractivity contribution in [1.82, 2.24) is 24.1 Å². The quantitative estimate of drug-likeness (QED) is 0.473. The molecule has 10 nitrogen and oxygen atoms in total. The van der Waals surface area contributed by atoms with Crippen molar-refractivity contribution in [3.8, 4) is 11.1 Å². The predicted octanol–water partition coefficient (Wildman–Crippen LogP) is 2.51. The number of likely N-dealkylation sites (N-methyl/N-ethyl adjacent to an activating group) is 1. The normalized spacial score (nSPS) is 17.5. The number of carbonyl (C=O) groups is 1. The molecule has 0 aliphatic carbocycles. The van der Waals surface area contributed by atoms with E-state index in [9.17, 15) is 13.2 Å². The number of carbonyl (C=O) groups excluding carboxylic acids is 1. The van der Waals surface area contributed by atoms with E-state index in [4.69, 9.17) is 5.73 Å². The Morgan fingerprint density at radius 3 is 2.39 bits per heavy atom. The number of piperazine rings is 1. The molecule has 3 N–H and O–H groups in total. The number of nitrogens with two attached hydrogens (primary N) is 1. The van der Waals surface area contributed by atoms with Gasteiger partial charge in [-0.15, -0.1) is 0 Å². The van der Waals surface area contributed by atoms with Crippen LogP contribution in [0.1, 0.15) is 28.8 Å². The van der Waals surface area contributed by atoms with E-state index in [0.717, 1.165) is 30.8 Å². The molecule has 1 aromatic carbocycles. The number of nitrogen functional groups attached to an aromatic ring is 1. The minimum Gasteiger partial charge on any atom is -0.383 e. The SMILES string of the molecule is CN1CCN(S(=O)(=O)c2ccc(-c3cnc(N)c(C(=O)Nc4cnccc4CN4CCCC4)c3)cc2)CC1. The van der Waals surface area contributed by atoms with Gasteiger partial charge in [-0.05, 0) is 68.4 Å². The summed E-state index contributed by atoms with van der Waals surface area (Å²) in [5, 5.41) is 2.95. The fourth-order valence-electron chi connectivity index (χ4n) is 4.86. The standard InChI is InChI=1S/C27H33N7O3S/c1-32-12-14-34(15-13-32)38(36,37)23-6-4-20(5-7-23)22-16-24(26(28)30-17-22)27(35)31-25-18-29-9-8-21(25)19-33-10-2-3-11-33/h4-9,16-18H,2-3,10-15,19H2,1H3,(H2,28,30)(H,31,35). The topological polar surface area (TPSA) is 125 Å². The van der Waals surface area contributed by atoms with E-state index >= 15 is 0 Å². The van der Waals surface area contributed by atoms with Crippen molar-refractivity contribution in [1.29, 1.82) is 0 Å². The first-order valence-corrected chi connectivity index (χ1v) is 14.3. The molecule has 2 aliphatic rings. The van der Waals surface area contributed by atoms with E-state index in [1.54, 1.807) is 48.9 Å². The summed E-state index contributed by atoms with van der Waals surface area (Å²) in [6, 6.07) is 10.3. The molecular formula is C27H33N7O3S. The van der Waals surface area contributed by atoms with Crippen LogP contribution in [0.4, 0.5) is 11.5 Å². The molecule has 1 amide bonds. The van der Waals surface area contributed by atoms with Crippen molar-refractivity contribution >= 4 is 27.4 Å². The number of nitrogens with one attached hydrogen (secondary N) is 1. The maximum atomic E-state index is 13.2. The predicted molar refractivity (Wildman–Crippen MR) is 147 cm³/mol. The lowest BCUT2D eigenvalue weighted by molar-refractivity contribution is 0.102. The van der Waals surface area contributed by atoms with Crippen LogP contribution in [-0.2, 0) is 16.6 Å². The highest BCUT2D eigenvalue weighted by molar-refractivity contribution is 7.89. The highest BCUT2D eigenvalue weighted by atomic mass is 32.2. The summed E-state index contributed by atoms with van der Waals surface area (Å²) in [4.78, 5) is 26.4. The van der Waals surface area contributed by atoms with Crippen molar-refractivity contribution < 1.29 is 13.2 Å². The monoisotopic (exact) mass is 535 g/mol. The Hall–Kier alpha value is -3.38. The van der Waals surface area contributed by atoms with Crippen LogP contribution in [-0.4, -0.2) is 84.7 Å². The van der Waals surface area contributed by atoms with Crippen LogP contribution in [0.2, 0.25) is 0 Å². The van der Waals surface area contributed by atoms with Gasteiger partial charge < -0.3 is 16.0 Å².